The lowest BCUT2D eigenvalue weighted by Gasteiger charge is -2.03. The summed E-state index contributed by atoms with van der Waals surface area (Å²) in [5.74, 6) is 0.897. The quantitative estimate of drug-likeness (QED) is 0.619. The van der Waals surface area contributed by atoms with Gasteiger partial charge in [0.1, 0.15) is 0 Å². The van der Waals surface area contributed by atoms with Crippen LogP contribution in [-0.2, 0) is 5.75 Å². The van der Waals surface area contributed by atoms with Crippen molar-refractivity contribution in [2.45, 2.75) is 17.6 Å². The van der Waals surface area contributed by atoms with Gasteiger partial charge in [-0.2, -0.15) is 0 Å². The highest BCUT2D eigenvalue weighted by Crippen LogP contribution is 2.23. The second-order valence-corrected chi connectivity index (χ2v) is 5.80. The molecule has 2 rings (SSSR count). The number of thioether (sulfide) groups is 1. The van der Waals surface area contributed by atoms with E-state index in [1.165, 1.54) is 0 Å². The van der Waals surface area contributed by atoms with E-state index in [9.17, 15) is 4.79 Å². The number of hydrogen-bond donors (Lipinski definition) is 0. The normalized spacial score (nSPS) is 10.3. The molecule has 0 fully saturated rings. The number of carbonyl (C=O) groups is 1. The van der Waals surface area contributed by atoms with E-state index in [1.54, 1.807) is 24.9 Å². The molecule has 0 radical (unpaired) electrons. The van der Waals surface area contributed by atoms with Gasteiger partial charge in [0.2, 0.25) is 0 Å². The molecule has 4 heteroatoms. The van der Waals surface area contributed by atoms with Crippen LogP contribution in [0.5, 0.6) is 0 Å². The predicted molar refractivity (Wildman–Crippen MR) is 77.9 cm³/mol. The van der Waals surface area contributed by atoms with Crippen LogP contribution < -0.4 is 0 Å². The minimum atomic E-state index is 0.0965. The summed E-state index contributed by atoms with van der Waals surface area (Å²) in [6.45, 7) is 1.58. The zero-order valence-electron chi connectivity index (χ0n) is 9.89. The first kappa shape index (κ1) is 13.3. The average molecular weight is 322 g/mol. The van der Waals surface area contributed by atoms with Gasteiger partial charge in [-0.1, -0.05) is 12.1 Å². The lowest BCUT2D eigenvalue weighted by atomic mass is 10.2. The fraction of sp³-hybridized carbons (Fsp3) is 0.143. The molecule has 2 nitrogen and oxygen atoms in total. The molecule has 0 N–H and O–H groups in total. The Balaban J connectivity index is 2.04. The molecular weight excluding hydrogens is 310 g/mol. The number of halogens is 1. The lowest BCUT2D eigenvalue weighted by Crippen LogP contribution is -1.91. The summed E-state index contributed by atoms with van der Waals surface area (Å²) in [7, 11) is 0. The molecular formula is C14H12BrNOS. The van der Waals surface area contributed by atoms with Crippen LogP contribution in [0.15, 0.2) is 52.0 Å². The highest BCUT2D eigenvalue weighted by Gasteiger charge is 2.02. The predicted octanol–water partition coefficient (Wildman–Crippen LogP) is 4.34. The number of rotatable bonds is 4. The van der Waals surface area contributed by atoms with E-state index in [0.717, 1.165) is 26.4 Å². The average Bonchev–Trinajstić information content (AvgIpc) is 2.38. The van der Waals surface area contributed by atoms with Gasteiger partial charge >= 0.3 is 0 Å². The zero-order chi connectivity index (χ0) is 13.0. The van der Waals surface area contributed by atoms with Crippen LogP contribution in [0.4, 0.5) is 0 Å². The molecule has 0 unspecified atom stereocenters. The molecule has 0 spiro atoms. The molecule has 18 heavy (non-hydrogen) atoms. The van der Waals surface area contributed by atoms with Gasteiger partial charge in [-0.25, -0.2) is 0 Å². The molecule has 1 aromatic heterocycles. The summed E-state index contributed by atoms with van der Waals surface area (Å²) >= 11 is 5.04. The van der Waals surface area contributed by atoms with Crippen molar-refractivity contribution in [3.8, 4) is 0 Å². The van der Waals surface area contributed by atoms with Crippen molar-refractivity contribution in [3.63, 3.8) is 0 Å². The number of nitrogens with zero attached hydrogens (tertiary/aromatic N) is 1. The highest BCUT2D eigenvalue weighted by atomic mass is 79.9. The topological polar surface area (TPSA) is 30.0 Å². The second kappa shape index (κ2) is 6.16. The summed E-state index contributed by atoms with van der Waals surface area (Å²) < 4.78 is 0.981. The van der Waals surface area contributed by atoms with Crippen LogP contribution in [0.1, 0.15) is 23.0 Å². The maximum Gasteiger partial charge on any atom is 0.159 e. The molecule has 2 aromatic rings. The van der Waals surface area contributed by atoms with Crippen molar-refractivity contribution in [2.24, 2.45) is 0 Å². The van der Waals surface area contributed by atoms with Crippen LogP contribution in [0.25, 0.3) is 0 Å². The standard InChI is InChI=1S/C14H12BrNOS/c1-10(17)11-3-2-4-14(7-11)18-9-13-6-5-12(15)8-16-13/h2-8H,9H2,1H3. The molecule has 0 atom stereocenters. The molecule has 0 saturated carbocycles. The third-order valence-corrected chi connectivity index (χ3v) is 3.91. The molecule has 0 amide bonds. The number of carbonyl (C=O) groups excluding carboxylic acids is 1. The Hall–Kier alpha value is -1.13. The van der Waals surface area contributed by atoms with E-state index in [2.05, 4.69) is 20.9 Å². The number of benzene rings is 1. The first-order chi connectivity index (χ1) is 8.65. The van der Waals surface area contributed by atoms with Crippen molar-refractivity contribution in [1.29, 1.82) is 0 Å². The Bertz CT molecular complexity index is 554. The SMILES string of the molecule is CC(=O)c1cccc(SCc2ccc(Br)cn2)c1. The van der Waals surface area contributed by atoms with Crippen molar-refractivity contribution in [2.75, 3.05) is 0 Å². The van der Waals surface area contributed by atoms with E-state index in [0.29, 0.717) is 0 Å². The molecule has 92 valence electrons. The van der Waals surface area contributed by atoms with E-state index < -0.39 is 0 Å². The molecule has 0 bridgehead atoms. The third kappa shape index (κ3) is 3.68. The van der Waals surface area contributed by atoms with Crippen molar-refractivity contribution >= 4 is 33.5 Å². The number of pyridine rings is 1. The van der Waals surface area contributed by atoms with Gasteiger partial charge in [0.15, 0.2) is 5.78 Å². The Labute approximate surface area is 119 Å². The Morgan fingerprint density at radius 3 is 2.83 bits per heavy atom. The minimum absolute atomic E-state index is 0.0965. The number of aromatic nitrogens is 1. The van der Waals surface area contributed by atoms with Crippen molar-refractivity contribution < 1.29 is 4.79 Å². The highest BCUT2D eigenvalue weighted by molar-refractivity contribution is 9.10. The van der Waals surface area contributed by atoms with Crippen LogP contribution >= 0.6 is 27.7 Å². The van der Waals surface area contributed by atoms with Gasteiger partial charge in [0.05, 0.1) is 5.69 Å². The van der Waals surface area contributed by atoms with E-state index in [4.69, 9.17) is 0 Å². The molecule has 0 saturated heterocycles. The summed E-state index contributed by atoms with van der Waals surface area (Å²) in [5.41, 5.74) is 1.78. The van der Waals surface area contributed by atoms with Gasteiger partial charge in [-0.3, -0.25) is 9.78 Å². The van der Waals surface area contributed by atoms with Gasteiger partial charge < -0.3 is 0 Å². The minimum Gasteiger partial charge on any atom is -0.295 e. The summed E-state index contributed by atoms with van der Waals surface area (Å²) in [6, 6.07) is 11.7. The molecule has 0 aliphatic carbocycles. The molecule has 0 aliphatic heterocycles. The smallest absolute Gasteiger partial charge is 0.159 e. The lowest BCUT2D eigenvalue weighted by molar-refractivity contribution is 0.101. The van der Waals surface area contributed by atoms with E-state index in [-0.39, 0.29) is 5.78 Å². The van der Waals surface area contributed by atoms with Crippen LogP contribution in [-0.4, -0.2) is 10.8 Å². The maximum atomic E-state index is 11.3. The van der Waals surface area contributed by atoms with Gasteiger partial charge in [-0.15, -0.1) is 11.8 Å². The fourth-order valence-corrected chi connectivity index (χ4v) is 2.56. The molecule has 1 aromatic carbocycles. The van der Waals surface area contributed by atoms with Crippen molar-refractivity contribution in [1.82, 2.24) is 4.98 Å². The first-order valence-electron chi connectivity index (χ1n) is 5.49. The largest absolute Gasteiger partial charge is 0.295 e. The molecule has 0 aliphatic rings. The van der Waals surface area contributed by atoms with E-state index >= 15 is 0 Å². The van der Waals surface area contributed by atoms with Crippen LogP contribution in [0, 0.1) is 0 Å². The second-order valence-electron chi connectivity index (χ2n) is 3.84. The number of Topliss-reactive ketones (excluding diaryl/α,β-unsaturated/α-hetero) is 1. The molecule has 1 heterocycles. The van der Waals surface area contributed by atoms with Gasteiger partial charge in [-0.05, 0) is 47.1 Å². The number of ketones is 1. The maximum absolute atomic E-state index is 11.3. The van der Waals surface area contributed by atoms with Gasteiger partial charge in [0, 0.05) is 26.9 Å². The zero-order valence-corrected chi connectivity index (χ0v) is 12.3. The summed E-state index contributed by atoms with van der Waals surface area (Å²) in [4.78, 5) is 16.7. The van der Waals surface area contributed by atoms with E-state index in [1.807, 2.05) is 36.4 Å². The van der Waals surface area contributed by atoms with Gasteiger partial charge in [0.25, 0.3) is 0 Å². The van der Waals surface area contributed by atoms with Crippen LogP contribution in [0.3, 0.4) is 0 Å². The Kier molecular flexibility index (Phi) is 4.55. The third-order valence-electron chi connectivity index (χ3n) is 2.42. The summed E-state index contributed by atoms with van der Waals surface area (Å²) in [5, 5.41) is 0. The Morgan fingerprint density at radius 1 is 1.33 bits per heavy atom. The van der Waals surface area contributed by atoms with Crippen molar-refractivity contribution in [3.05, 3.63) is 58.3 Å². The summed E-state index contributed by atoms with van der Waals surface area (Å²) in [6.07, 6.45) is 1.79. The monoisotopic (exact) mass is 321 g/mol. The number of hydrogen-bond acceptors (Lipinski definition) is 3. The van der Waals surface area contributed by atoms with Crippen LogP contribution in [0.2, 0.25) is 0 Å². The first-order valence-corrected chi connectivity index (χ1v) is 7.27. The fourth-order valence-electron chi connectivity index (χ4n) is 1.45. The Morgan fingerprint density at radius 2 is 2.17 bits per heavy atom.